The van der Waals surface area contributed by atoms with E-state index in [1.165, 1.54) is 0 Å². The average molecular weight is 1260 g/mol. The summed E-state index contributed by atoms with van der Waals surface area (Å²) >= 11 is 0. The molecule has 86 heavy (non-hydrogen) atoms. The third kappa shape index (κ3) is 12.4. The van der Waals surface area contributed by atoms with Gasteiger partial charge in [-0.1, -0.05) is 0 Å². The normalized spacial score (nSPS) is 57.1. The summed E-state index contributed by atoms with van der Waals surface area (Å²) in [5, 5.41) is 220. The van der Waals surface area contributed by atoms with Crippen LogP contribution in [0.15, 0.2) is 0 Å². The summed E-state index contributed by atoms with van der Waals surface area (Å²) < 4.78 is 105. The van der Waals surface area contributed by atoms with E-state index in [4.69, 9.17) is 85.3 Å². The molecule has 29 fully saturated rings. The highest BCUT2D eigenvalue weighted by atomic mass is 16.8. The molecule has 29 rings (SSSR count). The smallest absolute Gasteiger partial charge is 0.187 e. The number of aliphatic hydroxyl groups excluding tert-OH is 20. The Balaban J connectivity index is 0.835. The van der Waals surface area contributed by atoms with Crippen LogP contribution in [-0.2, 0) is 85.3 Å². The Bertz CT molecular complexity index is 2170. The van der Waals surface area contributed by atoms with Gasteiger partial charge in [0.1, 0.15) is 195 Å². The zero-order valence-electron chi connectivity index (χ0n) is 45.0. The van der Waals surface area contributed by atoms with E-state index < -0.39 is 299 Å². The first-order chi connectivity index (χ1) is 41.2. The van der Waals surface area contributed by atoms with Crippen molar-refractivity contribution in [3.05, 3.63) is 0 Å². The van der Waals surface area contributed by atoms with Crippen molar-refractivity contribution in [2.45, 2.75) is 246 Å². The first-order valence-electron chi connectivity index (χ1n) is 28.0. The molecule has 496 valence electrons. The summed E-state index contributed by atoms with van der Waals surface area (Å²) in [4.78, 5) is 0. The Labute approximate surface area is 485 Å². The molecule has 0 saturated carbocycles. The Hall–Kier alpha value is -1.52. The molecule has 40 atom stereocenters. The largest absolute Gasteiger partial charge is 0.394 e. The first-order valence-corrected chi connectivity index (χ1v) is 28.0. The SMILES string of the molecule is OC[C@H]1O[C@@H]2O[C@H]3[C@H](O)[C@@H](O)[C@@H](O[C@H]4[C@H](O)[C@@H](O)[C@@H](O[C@H]5[C@@H]6O[C@@H]6[C@@H](O[C@H]6[C@@H]7O[C@@H]7[C@@H](O[C@H]7[C@H](O)[C@@H](O)[C@@H](O[C@H]8[C@H](O)[C@@H](O)[C@@H](O[C@H]9[C@H](O)[C@@H](O)[C@@H](O[C@H]1[C@H](O)[C@H]2O)O[C@@H]9CO)O[C@@H]8CO)O[C@@H]7CO)O[C@@H]6CO)O[C@@H]5CO)O[C@@H]4CO)O[C@@H]3CO. The van der Waals surface area contributed by atoms with Crippen LogP contribution >= 0.6 is 0 Å². The minimum absolute atomic E-state index is 0.734. The molecule has 38 heteroatoms. The van der Waals surface area contributed by atoms with Crippen LogP contribution in [0.4, 0.5) is 0 Å². The fourth-order valence-corrected chi connectivity index (χ4v) is 12.4. The number of hydrogen-bond acceptors (Lipinski definition) is 38. The van der Waals surface area contributed by atoms with E-state index in [0.29, 0.717) is 0 Å². The minimum atomic E-state index is -2.21. The summed E-state index contributed by atoms with van der Waals surface area (Å²) in [6, 6.07) is 0. The molecule has 29 heterocycles. The predicted octanol–water partition coefficient (Wildman–Crippen LogP) is -15.3. The average Bonchev–Trinajstić information content (AvgIpc) is 1.68. The summed E-state index contributed by atoms with van der Waals surface area (Å²) in [7, 11) is 0. The fraction of sp³-hybridized carbons (Fsp3) is 1.00. The van der Waals surface area contributed by atoms with Crippen molar-refractivity contribution >= 4 is 0 Å². The molecule has 0 unspecified atom stereocenters. The minimum Gasteiger partial charge on any atom is -0.394 e. The van der Waals surface area contributed by atoms with Crippen LogP contribution in [0.25, 0.3) is 0 Å². The monoisotopic (exact) mass is 1260 g/mol. The van der Waals surface area contributed by atoms with E-state index >= 15 is 0 Å². The van der Waals surface area contributed by atoms with Gasteiger partial charge in [0.25, 0.3) is 0 Å². The number of aliphatic hydroxyl groups is 20. The van der Waals surface area contributed by atoms with E-state index in [-0.39, 0.29) is 0 Å². The van der Waals surface area contributed by atoms with Gasteiger partial charge in [-0.05, 0) is 0 Å². The second-order valence-electron chi connectivity index (χ2n) is 22.6. The van der Waals surface area contributed by atoms with Gasteiger partial charge < -0.3 is 187 Å². The van der Waals surface area contributed by atoms with Gasteiger partial charge in [-0.15, -0.1) is 0 Å². The van der Waals surface area contributed by atoms with Crippen molar-refractivity contribution in [2.24, 2.45) is 0 Å². The van der Waals surface area contributed by atoms with Crippen LogP contribution in [0.3, 0.4) is 0 Å². The van der Waals surface area contributed by atoms with Gasteiger partial charge >= 0.3 is 0 Å². The van der Waals surface area contributed by atoms with Gasteiger partial charge in [0.15, 0.2) is 50.3 Å². The lowest BCUT2D eigenvalue weighted by molar-refractivity contribution is -0.398. The molecule has 0 aromatic carbocycles. The lowest BCUT2D eigenvalue weighted by Gasteiger charge is -2.50. The topological polar surface area (TPSA) is 577 Å². The number of epoxide rings is 2. The van der Waals surface area contributed by atoms with Gasteiger partial charge in [0, 0.05) is 0 Å². The fourth-order valence-electron chi connectivity index (χ4n) is 12.4. The Kier molecular flexibility index (Phi) is 20.9. The van der Waals surface area contributed by atoms with Gasteiger partial charge in [0.2, 0.25) is 0 Å². The molecule has 0 aromatic rings. The second-order valence-corrected chi connectivity index (χ2v) is 22.6. The van der Waals surface area contributed by atoms with Gasteiger partial charge in [-0.3, -0.25) is 0 Å². The maximum absolute atomic E-state index is 11.5. The number of rotatable bonds is 8. The van der Waals surface area contributed by atoms with Gasteiger partial charge in [-0.25, -0.2) is 0 Å². The first kappa shape index (κ1) is 66.0. The summed E-state index contributed by atoms with van der Waals surface area (Å²) in [6.45, 7) is -7.48. The number of hydrogen-bond donors (Lipinski definition) is 20. The molecule has 29 saturated heterocycles. The zero-order chi connectivity index (χ0) is 61.5. The second kappa shape index (κ2) is 27.2. The van der Waals surface area contributed by atoms with Crippen LogP contribution in [0, 0.1) is 0 Å². The summed E-state index contributed by atoms with van der Waals surface area (Å²) in [5.41, 5.74) is 0. The lowest BCUT2D eigenvalue weighted by Crippen LogP contribution is -2.68. The Morgan fingerprint density at radius 2 is 0.291 bits per heavy atom. The van der Waals surface area contributed by atoms with Crippen molar-refractivity contribution in [3.63, 3.8) is 0 Å². The third-order valence-corrected chi connectivity index (χ3v) is 17.3. The van der Waals surface area contributed by atoms with E-state index in [0.717, 1.165) is 0 Å². The highest BCUT2D eigenvalue weighted by Gasteiger charge is 2.66. The molecule has 0 aliphatic carbocycles. The molecule has 20 N–H and O–H groups in total. The van der Waals surface area contributed by atoms with Crippen LogP contribution in [0.1, 0.15) is 0 Å². The van der Waals surface area contributed by atoms with Crippen LogP contribution in [0.2, 0.25) is 0 Å². The highest BCUT2D eigenvalue weighted by molar-refractivity contribution is 5.08. The van der Waals surface area contributed by atoms with E-state index in [2.05, 4.69) is 0 Å². The Morgan fingerprint density at radius 1 is 0.140 bits per heavy atom. The molecule has 29 aliphatic rings. The van der Waals surface area contributed by atoms with E-state index in [1.807, 2.05) is 0 Å². The molecule has 0 radical (unpaired) electrons. The Morgan fingerprint density at radius 3 is 0.488 bits per heavy atom. The quantitative estimate of drug-likeness (QED) is 0.100. The lowest BCUT2D eigenvalue weighted by atomic mass is 9.95. The number of ether oxygens (including phenoxy) is 18. The van der Waals surface area contributed by atoms with Crippen LogP contribution in [-0.4, -0.2) is 401 Å². The molecular weight excluding hydrogens is 1180 g/mol. The maximum atomic E-state index is 11.5. The van der Waals surface area contributed by atoms with Crippen molar-refractivity contribution in [3.8, 4) is 0 Å². The highest BCUT2D eigenvalue weighted by Crippen LogP contribution is 2.47. The van der Waals surface area contributed by atoms with Crippen LogP contribution in [0.5, 0.6) is 0 Å². The van der Waals surface area contributed by atoms with Gasteiger partial charge in [0.05, 0.1) is 52.9 Å². The zero-order valence-corrected chi connectivity index (χ0v) is 45.0. The molecular formula is C48H76O38. The standard InChI is InChI=1S/C48H76O38/c49-1-9-29-17(57)24(64)42(70-9)81-31-11(3-51)72-44(26(66)19(31)59)83-33-13(5-53)74-46(28(68)21(33)61)85-35-15(7-55)76-48(40-37(35)77-40)86-36-16(8-56)75-47(39-38(36)78-39)84-34-14(6-54)73-45(27(67)22(34)62)82-32-12(4-52)71-43(25(65)20(32)60)80-30-10(2-50)69-41(79-29)23(63)18(30)58/h9-68H,1-8H2/t9-,10-,11-,12-,13-,14-,15-,16-,17-,18-,19-,20-,21-,22-,23-,24-,25-,26-,27-,28-,29-,30-,31-,32-,33-,34-,35-,36-,37+,38+,39+,40+,41-,42-,43-,44-,45-,46-,47-,48-/m1/s1. The van der Waals surface area contributed by atoms with E-state index in [9.17, 15) is 102 Å². The van der Waals surface area contributed by atoms with Gasteiger partial charge in [-0.2, -0.15) is 0 Å². The van der Waals surface area contributed by atoms with Crippen molar-refractivity contribution in [1.29, 1.82) is 0 Å². The van der Waals surface area contributed by atoms with Crippen LogP contribution < -0.4 is 0 Å². The summed E-state index contributed by atoms with van der Waals surface area (Å²) in [6.07, 6.45) is -69.7. The van der Waals surface area contributed by atoms with Crippen molar-refractivity contribution in [1.82, 2.24) is 0 Å². The van der Waals surface area contributed by atoms with Crippen molar-refractivity contribution in [2.75, 3.05) is 52.9 Å². The molecule has 0 amide bonds. The predicted molar refractivity (Wildman–Crippen MR) is 254 cm³/mol. The third-order valence-electron chi connectivity index (χ3n) is 17.3. The molecule has 38 nitrogen and oxygen atoms in total. The maximum Gasteiger partial charge on any atom is 0.187 e. The van der Waals surface area contributed by atoms with Crippen molar-refractivity contribution < 1.29 is 187 Å². The molecule has 29 aliphatic heterocycles. The molecule has 0 aromatic heterocycles. The molecule has 0 spiro atoms. The van der Waals surface area contributed by atoms with E-state index in [1.54, 1.807) is 0 Å². The molecule has 16 bridgehead atoms. The summed E-state index contributed by atoms with van der Waals surface area (Å²) in [5.74, 6) is 0.